The molecule has 1 aliphatic rings. The highest BCUT2D eigenvalue weighted by molar-refractivity contribution is 6.48. The molecule has 0 aromatic heterocycles. The van der Waals surface area contributed by atoms with Crippen LogP contribution in [-0.2, 0) is 9.31 Å². The molecule has 0 spiro atoms. The van der Waals surface area contributed by atoms with Crippen molar-refractivity contribution in [3.8, 4) is 0 Å². The first-order valence-electron chi connectivity index (χ1n) is 3.69. The highest BCUT2D eigenvalue weighted by Crippen LogP contribution is 2.11. The largest absolute Gasteiger partial charge is 0.478 e. The number of hydrogen-bond donors (Lipinski definition) is 1. The molecule has 0 aliphatic carbocycles. The van der Waals surface area contributed by atoms with E-state index in [1.54, 1.807) is 0 Å². The molecule has 0 radical (unpaired) electrons. The van der Waals surface area contributed by atoms with Gasteiger partial charge in [0.15, 0.2) is 0 Å². The molecule has 1 heterocycles. The van der Waals surface area contributed by atoms with Gasteiger partial charge in [-0.25, -0.2) is 0 Å². The molecule has 3 nitrogen and oxygen atoms in total. The summed E-state index contributed by atoms with van der Waals surface area (Å²) in [5, 5.41) is 0. The van der Waals surface area contributed by atoms with Crippen LogP contribution < -0.4 is 5.73 Å². The Kier molecular flexibility index (Phi) is 2.71. The lowest BCUT2D eigenvalue weighted by Gasteiger charge is -2.28. The second-order valence-corrected chi connectivity index (χ2v) is 3.11. The minimum Gasteiger partial charge on any atom is -0.388 e. The second kappa shape index (κ2) is 3.37. The van der Waals surface area contributed by atoms with Gasteiger partial charge in [-0.15, -0.1) is 0 Å². The summed E-state index contributed by atoms with van der Waals surface area (Å²) in [6.07, 6.45) is 0.963. The third-order valence-corrected chi connectivity index (χ3v) is 1.56. The van der Waals surface area contributed by atoms with Crippen LogP contribution in [0, 0.1) is 5.92 Å². The van der Waals surface area contributed by atoms with Gasteiger partial charge in [0.2, 0.25) is 0 Å². The highest BCUT2D eigenvalue weighted by Gasteiger charge is 2.33. The molecule has 58 valence electrons. The Morgan fingerprint density at radius 2 is 2.10 bits per heavy atom. The van der Waals surface area contributed by atoms with Crippen molar-refractivity contribution in [1.29, 1.82) is 0 Å². The average molecular weight is 143 g/mol. The molecule has 1 saturated heterocycles. The van der Waals surface area contributed by atoms with Gasteiger partial charge in [0.25, 0.3) is 0 Å². The molecule has 0 aromatic carbocycles. The Morgan fingerprint density at radius 3 is 2.40 bits per heavy atom. The maximum absolute atomic E-state index is 5.73. The molecule has 0 amide bonds. The Morgan fingerprint density at radius 1 is 1.50 bits per heavy atom. The summed E-state index contributed by atoms with van der Waals surface area (Å²) in [4.78, 5) is 0. The molecule has 0 aromatic rings. The smallest absolute Gasteiger partial charge is 0.388 e. The lowest BCUT2D eigenvalue weighted by molar-refractivity contribution is -0.0187. The van der Waals surface area contributed by atoms with E-state index in [1.807, 2.05) is 0 Å². The molecule has 1 fully saturated rings. The van der Waals surface area contributed by atoms with E-state index in [0.29, 0.717) is 12.7 Å². The zero-order valence-corrected chi connectivity index (χ0v) is 6.54. The Labute approximate surface area is 62.0 Å². The first kappa shape index (κ1) is 8.05. The van der Waals surface area contributed by atoms with Crippen molar-refractivity contribution in [3.63, 3.8) is 0 Å². The monoisotopic (exact) mass is 143 g/mol. The second-order valence-electron chi connectivity index (χ2n) is 3.11. The SMILES string of the molecule is CC(C)C[C@H](N)B1OCO1. The minimum atomic E-state index is -0.137. The Bertz CT molecular complexity index is 106. The molecular formula is C6H14BNO2. The van der Waals surface area contributed by atoms with E-state index < -0.39 is 0 Å². The van der Waals surface area contributed by atoms with Crippen molar-refractivity contribution in [1.82, 2.24) is 0 Å². The predicted molar refractivity (Wildman–Crippen MR) is 40.2 cm³/mol. The van der Waals surface area contributed by atoms with Gasteiger partial charge in [0.1, 0.15) is 6.79 Å². The van der Waals surface area contributed by atoms with Crippen molar-refractivity contribution in [3.05, 3.63) is 0 Å². The molecule has 1 rings (SSSR count). The molecule has 0 saturated carbocycles. The summed E-state index contributed by atoms with van der Waals surface area (Å²) in [7, 11) is -0.137. The summed E-state index contributed by atoms with van der Waals surface area (Å²) in [6.45, 7) is 4.69. The summed E-state index contributed by atoms with van der Waals surface area (Å²) in [5.74, 6) is 0.663. The number of hydrogen-bond acceptors (Lipinski definition) is 3. The first-order valence-corrected chi connectivity index (χ1v) is 3.69. The van der Waals surface area contributed by atoms with Crippen LogP contribution in [0.4, 0.5) is 0 Å². The Balaban J connectivity index is 2.13. The average Bonchev–Trinajstić information content (AvgIpc) is 1.55. The van der Waals surface area contributed by atoms with Gasteiger partial charge in [-0.1, -0.05) is 13.8 Å². The van der Waals surface area contributed by atoms with Crippen LogP contribution in [0.1, 0.15) is 20.3 Å². The van der Waals surface area contributed by atoms with E-state index in [1.165, 1.54) is 0 Å². The Hall–Kier alpha value is -0.0551. The standard InChI is InChI=1S/C6H14BNO2/c1-5(2)3-6(8)7-9-4-10-7/h5-6H,3-4,8H2,1-2H3/t6-/m0/s1. The van der Waals surface area contributed by atoms with Crippen LogP contribution in [-0.4, -0.2) is 19.9 Å². The van der Waals surface area contributed by atoms with Crippen molar-refractivity contribution >= 4 is 7.12 Å². The topological polar surface area (TPSA) is 44.5 Å². The van der Waals surface area contributed by atoms with Gasteiger partial charge >= 0.3 is 7.12 Å². The minimum absolute atomic E-state index is 0.0498. The first-order chi connectivity index (χ1) is 4.70. The van der Waals surface area contributed by atoms with Gasteiger partial charge in [0, 0.05) is 5.94 Å². The van der Waals surface area contributed by atoms with E-state index in [2.05, 4.69) is 13.8 Å². The summed E-state index contributed by atoms with van der Waals surface area (Å²) in [6, 6.07) is 0. The summed E-state index contributed by atoms with van der Waals surface area (Å²) >= 11 is 0. The van der Waals surface area contributed by atoms with Gasteiger partial charge in [-0.2, -0.15) is 0 Å². The molecule has 1 aliphatic heterocycles. The van der Waals surface area contributed by atoms with E-state index in [-0.39, 0.29) is 13.1 Å². The highest BCUT2D eigenvalue weighted by atomic mass is 16.8. The predicted octanol–water partition coefficient (Wildman–Crippen LogP) is 0.392. The molecule has 0 bridgehead atoms. The maximum Gasteiger partial charge on any atom is 0.478 e. The lowest BCUT2D eigenvalue weighted by Crippen LogP contribution is -2.51. The van der Waals surface area contributed by atoms with Gasteiger partial charge in [0.05, 0.1) is 0 Å². The van der Waals surface area contributed by atoms with Crippen LogP contribution in [0.3, 0.4) is 0 Å². The fraction of sp³-hybridized carbons (Fsp3) is 1.00. The number of nitrogens with two attached hydrogens (primary N) is 1. The summed E-state index contributed by atoms with van der Waals surface area (Å²) < 4.78 is 10.1. The zero-order chi connectivity index (χ0) is 7.56. The van der Waals surface area contributed by atoms with Crippen LogP contribution in [0.25, 0.3) is 0 Å². The third kappa shape index (κ3) is 1.97. The van der Waals surface area contributed by atoms with E-state index in [0.717, 1.165) is 6.42 Å². The van der Waals surface area contributed by atoms with Crippen molar-refractivity contribution in [2.24, 2.45) is 11.7 Å². The van der Waals surface area contributed by atoms with E-state index >= 15 is 0 Å². The van der Waals surface area contributed by atoms with Gasteiger partial charge in [-0.3, -0.25) is 0 Å². The molecule has 4 heteroatoms. The van der Waals surface area contributed by atoms with Crippen molar-refractivity contribution < 1.29 is 9.31 Å². The normalized spacial score (nSPS) is 21.0. The van der Waals surface area contributed by atoms with E-state index in [4.69, 9.17) is 15.0 Å². The fourth-order valence-corrected chi connectivity index (χ4v) is 1.05. The molecule has 10 heavy (non-hydrogen) atoms. The van der Waals surface area contributed by atoms with Crippen LogP contribution >= 0.6 is 0 Å². The molecule has 2 N–H and O–H groups in total. The van der Waals surface area contributed by atoms with Gasteiger partial charge < -0.3 is 15.0 Å². The van der Waals surface area contributed by atoms with Crippen molar-refractivity contribution in [2.45, 2.75) is 26.2 Å². The van der Waals surface area contributed by atoms with Crippen LogP contribution in [0.15, 0.2) is 0 Å². The third-order valence-electron chi connectivity index (χ3n) is 1.56. The zero-order valence-electron chi connectivity index (χ0n) is 6.54. The van der Waals surface area contributed by atoms with Gasteiger partial charge in [-0.05, 0) is 12.3 Å². The van der Waals surface area contributed by atoms with Crippen LogP contribution in [0.5, 0.6) is 0 Å². The fourth-order valence-electron chi connectivity index (χ4n) is 1.05. The summed E-state index contributed by atoms with van der Waals surface area (Å²) in [5.41, 5.74) is 5.73. The quantitative estimate of drug-likeness (QED) is 0.581. The van der Waals surface area contributed by atoms with Crippen LogP contribution in [0.2, 0.25) is 0 Å². The molecule has 0 unspecified atom stereocenters. The van der Waals surface area contributed by atoms with Crippen molar-refractivity contribution in [2.75, 3.05) is 6.79 Å². The number of rotatable bonds is 3. The lowest BCUT2D eigenvalue weighted by atomic mass is 9.73. The maximum atomic E-state index is 5.73. The molecular weight excluding hydrogens is 129 g/mol. The van der Waals surface area contributed by atoms with E-state index in [9.17, 15) is 0 Å². The molecule has 1 atom stereocenters.